The Morgan fingerprint density at radius 2 is 1.84 bits per heavy atom. The minimum atomic E-state index is -4.75. The van der Waals surface area contributed by atoms with Crippen LogP contribution in [0.1, 0.15) is 35.0 Å². The van der Waals surface area contributed by atoms with E-state index < -0.39 is 23.3 Å². The molecular formula is C23H23F3N4O. The summed E-state index contributed by atoms with van der Waals surface area (Å²) in [6.07, 6.45) is -2.66. The highest BCUT2D eigenvalue weighted by Crippen LogP contribution is 2.34. The fraction of sp³-hybridized carbons (Fsp3) is 0.304. The molecule has 2 aromatic carbocycles. The topological polar surface area (TPSA) is 50.2 Å². The van der Waals surface area contributed by atoms with E-state index in [-0.39, 0.29) is 5.69 Å². The van der Waals surface area contributed by atoms with Gasteiger partial charge in [0.05, 0.1) is 17.4 Å². The quantitative estimate of drug-likeness (QED) is 0.614. The first-order valence-corrected chi connectivity index (χ1v) is 10.1. The molecule has 0 saturated carbocycles. The van der Waals surface area contributed by atoms with E-state index in [4.69, 9.17) is 0 Å². The first kappa shape index (κ1) is 21.0. The molecule has 1 unspecified atom stereocenters. The van der Waals surface area contributed by atoms with Crippen LogP contribution in [0.3, 0.4) is 0 Å². The highest BCUT2D eigenvalue weighted by molar-refractivity contribution is 6.05. The largest absolute Gasteiger partial charge is 0.434 e. The van der Waals surface area contributed by atoms with Crippen LogP contribution in [0.25, 0.3) is 5.69 Å². The molecule has 1 aromatic heterocycles. The van der Waals surface area contributed by atoms with Crippen molar-refractivity contribution in [1.29, 1.82) is 0 Å². The first-order chi connectivity index (χ1) is 14.7. The van der Waals surface area contributed by atoms with Gasteiger partial charge in [-0.3, -0.25) is 4.79 Å². The fourth-order valence-corrected chi connectivity index (χ4v) is 3.89. The Morgan fingerprint density at radius 1 is 1.13 bits per heavy atom. The molecule has 0 bridgehead atoms. The molecule has 31 heavy (non-hydrogen) atoms. The second-order valence-corrected chi connectivity index (χ2v) is 7.94. The normalized spacial score (nSPS) is 16.5. The maximum Gasteiger partial charge on any atom is 0.434 e. The summed E-state index contributed by atoms with van der Waals surface area (Å²) in [5.74, 6) is -0.223. The van der Waals surface area contributed by atoms with Crippen molar-refractivity contribution < 1.29 is 18.0 Å². The van der Waals surface area contributed by atoms with E-state index in [1.54, 1.807) is 37.3 Å². The summed E-state index contributed by atoms with van der Waals surface area (Å²) in [5.41, 5.74) is 0.742. The molecule has 1 atom stereocenters. The average Bonchev–Trinajstić information content (AvgIpc) is 3.35. The average molecular weight is 428 g/mol. The van der Waals surface area contributed by atoms with Crippen LogP contribution in [-0.2, 0) is 6.18 Å². The molecule has 1 saturated heterocycles. The molecule has 8 heteroatoms. The second kappa shape index (κ2) is 8.09. The van der Waals surface area contributed by atoms with E-state index in [1.807, 2.05) is 12.1 Å². The molecule has 0 aliphatic carbocycles. The summed E-state index contributed by atoms with van der Waals surface area (Å²) in [6, 6.07) is 13.7. The second-order valence-electron chi connectivity index (χ2n) is 7.94. The van der Waals surface area contributed by atoms with Gasteiger partial charge in [-0.25, -0.2) is 4.68 Å². The molecule has 2 heterocycles. The summed E-state index contributed by atoms with van der Waals surface area (Å²) in [7, 11) is 0. The predicted octanol–water partition coefficient (Wildman–Crippen LogP) is 5.30. The lowest BCUT2D eigenvalue weighted by molar-refractivity contribution is -0.143. The van der Waals surface area contributed by atoms with Gasteiger partial charge in [-0.2, -0.15) is 18.3 Å². The Bertz CT molecular complexity index is 1090. The molecule has 1 amide bonds. The van der Waals surface area contributed by atoms with Crippen molar-refractivity contribution in [2.24, 2.45) is 5.92 Å². The van der Waals surface area contributed by atoms with Gasteiger partial charge in [-0.1, -0.05) is 25.1 Å². The summed E-state index contributed by atoms with van der Waals surface area (Å²) >= 11 is 0. The highest BCUT2D eigenvalue weighted by Gasteiger charge is 2.40. The molecule has 4 rings (SSSR count). The van der Waals surface area contributed by atoms with Gasteiger partial charge in [-0.05, 0) is 55.2 Å². The van der Waals surface area contributed by atoms with Crippen LogP contribution < -0.4 is 10.2 Å². The Labute approximate surface area is 178 Å². The molecule has 0 spiro atoms. The van der Waals surface area contributed by atoms with Crippen LogP contribution in [-0.4, -0.2) is 28.8 Å². The van der Waals surface area contributed by atoms with E-state index >= 15 is 0 Å². The monoisotopic (exact) mass is 428 g/mol. The number of rotatable bonds is 4. The molecular weight excluding hydrogens is 405 g/mol. The summed E-state index contributed by atoms with van der Waals surface area (Å²) in [5, 5.41) is 6.44. The number of amides is 1. The van der Waals surface area contributed by atoms with Crippen LogP contribution in [0.15, 0.2) is 54.7 Å². The van der Waals surface area contributed by atoms with Gasteiger partial charge < -0.3 is 10.2 Å². The smallest absolute Gasteiger partial charge is 0.371 e. The van der Waals surface area contributed by atoms with Crippen molar-refractivity contribution in [1.82, 2.24) is 9.78 Å². The number of carbonyl (C=O) groups is 1. The fourth-order valence-electron chi connectivity index (χ4n) is 3.89. The third kappa shape index (κ3) is 4.28. The molecule has 0 radical (unpaired) electrons. The molecule has 1 aliphatic heterocycles. The third-order valence-electron chi connectivity index (χ3n) is 5.54. The zero-order valence-electron chi connectivity index (χ0n) is 17.3. The minimum Gasteiger partial charge on any atom is -0.371 e. The number of anilines is 2. The highest BCUT2D eigenvalue weighted by atomic mass is 19.4. The number of aryl methyl sites for hydroxylation is 1. The number of aromatic nitrogens is 2. The van der Waals surface area contributed by atoms with Crippen LogP contribution in [0.4, 0.5) is 24.5 Å². The van der Waals surface area contributed by atoms with E-state index in [2.05, 4.69) is 22.2 Å². The van der Waals surface area contributed by atoms with Crippen LogP contribution in [0, 0.1) is 12.8 Å². The lowest BCUT2D eigenvalue weighted by atomic mass is 10.1. The number of para-hydroxylation sites is 1. The number of nitrogens with zero attached hydrogens (tertiary/aromatic N) is 3. The lowest BCUT2D eigenvalue weighted by Crippen LogP contribution is -2.21. The summed E-state index contributed by atoms with van der Waals surface area (Å²) in [6.45, 7) is 5.84. The van der Waals surface area contributed by atoms with Crippen molar-refractivity contribution in [3.05, 3.63) is 71.5 Å². The van der Waals surface area contributed by atoms with E-state index in [1.165, 1.54) is 6.07 Å². The van der Waals surface area contributed by atoms with E-state index in [0.717, 1.165) is 36.1 Å². The van der Waals surface area contributed by atoms with Gasteiger partial charge in [0.15, 0.2) is 5.69 Å². The number of halogens is 3. The van der Waals surface area contributed by atoms with Crippen molar-refractivity contribution >= 4 is 17.3 Å². The van der Waals surface area contributed by atoms with Crippen molar-refractivity contribution in [3.63, 3.8) is 0 Å². The maximum absolute atomic E-state index is 13.9. The number of carbonyl (C=O) groups excluding carboxylic acids is 1. The summed E-state index contributed by atoms with van der Waals surface area (Å²) in [4.78, 5) is 15.0. The number of alkyl halides is 3. The molecule has 1 fully saturated rings. The Hall–Kier alpha value is -3.29. The zero-order chi connectivity index (χ0) is 22.2. The standard InChI is InChI=1S/C23H23F3N4O/c1-15-11-12-29(14-15)18-9-7-17(8-10-18)28-22(31)19-13-27-30(21(19)23(24,25)26)20-6-4-3-5-16(20)2/h3-10,13,15H,11-12,14H2,1-2H3,(H,28,31). The first-order valence-electron chi connectivity index (χ1n) is 10.1. The number of hydrogen-bond donors (Lipinski definition) is 1. The van der Waals surface area contributed by atoms with Crippen LogP contribution in [0.2, 0.25) is 0 Å². The van der Waals surface area contributed by atoms with Gasteiger partial charge in [0.2, 0.25) is 0 Å². The SMILES string of the molecule is Cc1ccccc1-n1ncc(C(=O)Nc2ccc(N3CCC(C)C3)cc2)c1C(F)(F)F. The lowest BCUT2D eigenvalue weighted by Gasteiger charge is -2.18. The van der Waals surface area contributed by atoms with Gasteiger partial charge in [0, 0.05) is 24.5 Å². The van der Waals surface area contributed by atoms with Crippen molar-refractivity contribution in [3.8, 4) is 5.69 Å². The Kier molecular flexibility index (Phi) is 5.47. The van der Waals surface area contributed by atoms with Crippen molar-refractivity contribution in [2.45, 2.75) is 26.4 Å². The van der Waals surface area contributed by atoms with Crippen molar-refractivity contribution in [2.75, 3.05) is 23.3 Å². The number of nitrogens with one attached hydrogen (secondary N) is 1. The van der Waals surface area contributed by atoms with Gasteiger partial charge >= 0.3 is 6.18 Å². The van der Waals surface area contributed by atoms with Gasteiger partial charge in [0.25, 0.3) is 5.91 Å². The summed E-state index contributed by atoms with van der Waals surface area (Å²) < 4.78 is 42.4. The minimum absolute atomic E-state index is 0.276. The third-order valence-corrected chi connectivity index (χ3v) is 5.54. The maximum atomic E-state index is 13.9. The predicted molar refractivity (Wildman–Crippen MR) is 114 cm³/mol. The van der Waals surface area contributed by atoms with E-state index in [0.29, 0.717) is 17.2 Å². The van der Waals surface area contributed by atoms with E-state index in [9.17, 15) is 18.0 Å². The van der Waals surface area contributed by atoms with Crippen LogP contribution in [0.5, 0.6) is 0 Å². The Morgan fingerprint density at radius 3 is 2.45 bits per heavy atom. The molecule has 5 nitrogen and oxygen atoms in total. The van der Waals surface area contributed by atoms with Crippen LogP contribution >= 0.6 is 0 Å². The molecule has 162 valence electrons. The molecule has 3 aromatic rings. The van der Waals surface area contributed by atoms with Gasteiger partial charge in [0.1, 0.15) is 0 Å². The number of benzene rings is 2. The van der Waals surface area contributed by atoms with Gasteiger partial charge in [-0.15, -0.1) is 0 Å². The number of hydrogen-bond acceptors (Lipinski definition) is 3. The molecule has 1 aliphatic rings. The molecule has 1 N–H and O–H groups in total. The Balaban J connectivity index is 1.60. The zero-order valence-corrected chi connectivity index (χ0v) is 17.3.